The van der Waals surface area contributed by atoms with Gasteiger partial charge in [-0.25, -0.2) is 4.79 Å². The van der Waals surface area contributed by atoms with Gasteiger partial charge in [0.25, 0.3) is 0 Å². The zero-order chi connectivity index (χ0) is 13.3. The van der Waals surface area contributed by atoms with Crippen LogP contribution >= 0.6 is 0 Å². The van der Waals surface area contributed by atoms with Gasteiger partial charge in [-0.15, -0.1) is 0 Å². The van der Waals surface area contributed by atoms with Crippen LogP contribution in [0.1, 0.15) is 24.2 Å². The monoisotopic (exact) mass is 247 g/mol. The first-order valence-corrected chi connectivity index (χ1v) is 5.95. The summed E-state index contributed by atoms with van der Waals surface area (Å²) in [6, 6.07) is 5.50. The van der Waals surface area contributed by atoms with Crippen molar-refractivity contribution in [3.8, 4) is 0 Å². The average molecular weight is 247 g/mol. The lowest BCUT2D eigenvalue weighted by Gasteiger charge is -2.10. The fourth-order valence-corrected chi connectivity index (χ4v) is 2.13. The minimum absolute atomic E-state index is 0.266. The quantitative estimate of drug-likeness (QED) is 0.845. The molecule has 96 valence electrons. The van der Waals surface area contributed by atoms with Gasteiger partial charge in [0.15, 0.2) is 6.10 Å². The van der Waals surface area contributed by atoms with E-state index < -0.39 is 12.1 Å². The number of fused-ring (bicyclic) bond motifs is 1. The lowest BCUT2D eigenvalue weighted by molar-refractivity contribution is -0.153. The summed E-state index contributed by atoms with van der Waals surface area (Å²) in [6.45, 7) is 3.99. The maximum atomic E-state index is 11.5. The fraction of sp³-hybridized carbons (Fsp3) is 0.357. The van der Waals surface area contributed by atoms with Gasteiger partial charge in [-0.2, -0.15) is 0 Å². The van der Waals surface area contributed by atoms with Crippen LogP contribution in [0.4, 0.5) is 0 Å². The highest BCUT2D eigenvalue weighted by atomic mass is 16.5. The van der Waals surface area contributed by atoms with E-state index in [0.29, 0.717) is 5.56 Å². The Morgan fingerprint density at radius 2 is 2.22 bits per heavy atom. The lowest BCUT2D eigenvalue weighted by Crippen LogP contribution is -2.15. The summed E-state index contributed by atoms with van der Waals surface area (Å²) in [4.78, 5) is 11.5. The molecule has 0 bridgehead atoms. The second-order valence-corrected chi connectivity index (χ2v) is 4.35. The summed E-state index contributed by atoms with van der Waals surface area (Å²) < 4.78 is 6.83. The van der Waals surface area contributed by atoms with Crippen LogP contribution in [-0.2, 0) is 16.6 Å². The minimum atomic E-state index is -1.21. The zero-order valence-corrected chi connectivity index (χ0v) is 10.8. The van der Waals surface area contributed by atoms with Gasteiger partial charge in [0.05, 0.1) is 6.61 Å². The minimum Gasteiger partial charge on any atom is -0.464 e. The predicted molar refractivity (Wildman–Crippen MR) is 69.2 cm³/mol. The second kappa shape index (κ2) is 4.82. The summed E-state index contributed by atoms with van der Waals surface area (Å²) in [6.07, 6.45) is 0.805. The van der Waals surface area contributed by atoms with Crippen molar-refractivity contribution in [1.29, 1.82) is 0 Å². The van der Waals surface area contributed by atoms with Crippen LogP contribution in [0.2, 0.25) is 0 Å². The number of ether oxygens (including phenoxy) is 1. The first-order valence-electron chi connectivity index (χ1n) is 5.95. The topological polar surface area (TPSA) is 51.5 Å². The predicted octanol–water partition coefficient (Wildman–Crippen LogP) is 2.08. The molecule has 0 aliphatic carbocycles. The van der Waals surface area contributed by atoms with Gasteiger partial charge in [0, 0.05) is 24.1 Å². The van der Waals surface area contributed by atoms with Crippen LogP contribution in [-0.4, -0.2) is 22.2 Å². The Bertz CT molecular complexity index is 586. The maximum Gasteiger partial charge on any atom is 0.339 e. The molecule has 1 atom stereocenters. The first kappa shape index (κ1) is 12.6. The molecular weight excluding hydrogens is 230 g/mol. The lowest BCUT2D eigenvalue weighted by atomic mass is 10.1. The van der Waals surface area contributed by atoms with Crippen molar-refractivity contribution >= 4 is 16.9 Å². The van der Waals surface area contributed by atoms with Crippen LogP contribution in [0.3, 0.4) is 0 Å². The molecule has 0 radical (unpaired) electrons. The molecule has 0 saturated carbocycles. The molecule has 0 aliphatic heterocycles. The summed E-state index contributed by atoms with van der Waals surface area (Å²) in [5.74, 6) is -0.606. The number of esters is 1. The van der Waals surface area contributed by atoms with Crippen molar-refractivity contribution in [1.82, 2.24) is 4.57 Å². The highest BCUT2D eigenvalue weighted by Crippen LogP contribution is 2.24. The van der Waals surface area contributed by atoms with E-state index in [1.807, 2.05) is 36.9 Å². The van der Waals surface area contributed by atoms with Crippen molar-refractivity contribution in [3.63, 3.8) is 0 Å². The van der Waals surface area contributed by atoms with Crippen molar-refractivity contribution < 1.29 is 14.6 Å². The van der Waals surface area contributed by atoms with E-state index in [2.05, 4.69) is 0 Å². The molecule has 2 rings (SSSR count). The Balaban J connectivity index is 2.41. The van der Waals surface area contributed by atoms with E-state index in [1.54, 1.807) is 13.0 Å². The summed E-state index contributed by atoms with van der Waals surface area (Å²) in [7, 11) is 1.97. The highest BCUT2D eigenvalue weighted by Gasteiger charge is 2.19. The van der Waals surface area contributed by atoms with Crippen LogP contribution in [0.5, 0.6) is 0 Å². The molecule has 1 N–H and O–H groups in total. The highest BCUT2D eigenvalue weighted by molar-refractivity contribution is 5.86. The van der Waals surface area contributed by atoms with Crippen molar-refractivity contribution in [3.05, 3.63) is 35.5 Å². The molecular formula is C14H17NO3. The molecule has 0 amide bonds. The van der Waals surface area contributed by atoms with E-state index in [-0.39, 0.29) is 6.61 Å². The number of nitrogens with zero attached hydrogens (tertiary/aromatic N) is 1. The number of hydrogen-bond donors (Lipinski definition) is 1. The van der Waals surface area contributed by atoms with Crippen LogP contribution in [0, 0.1) is 6.92 Å². The standard InChI is InChI=1S/C14H17NO3/c1-4-18-14(17)13(16)10-5-6-12-11(7-10)9(2)8-15(12)3/h5-8,13,16H,4H2,1-3H3. The molecule has 4 nitrogen and oxygen atoms in total. The third-order valence-corrected chi connectivity index (χ3v) is 3.04. The molecule has 0 aliphatic rings. The molecule has 0 fully saturated rings. The number of carbonyl (C=O) groups is 1. The molecule has 1 heterocycles. The summed E-state index contributed by atoms with van der Waals surface area (Å²) in [5, 5.41) is 10.9. The number of carbonyl (C=O) groups excluding carboxylic acids is 1. The third kappa shape index (κ3) is 2.11. The number of hydrogen-bond acceptors (Lipinski definition) is 3. The molecule has 0 spiro atoms. The van der Waals surface area contributed by atoms with Gasteiger partial charge in [0.1, 0.15) is 0 Å². The van der Waals surface area contributed by atoms with Crippen LogP contribution < -0.4 is 0 Å². The molecule has 2 aromatic rings. The fourth-order valence-electron chi connectivity index (χ4n) is 2.13. The van der Waals surface area contributed by atoms with Gasteiger partial charge >= 0.3 is 5.97 Å². The Morgan fingerprint density at radius 1 is 1.50 bits per heavy atom. The van der Waals surface area contributed by atoms with Crippen molar-refractivity contribution in [2.24, 2.45) is 7.05 Å². The van der Waals surface area contributed by atoms with Gasteiger partial charge in [-0.3, -0.25) is 0 Å². The number of rotatable bonds is 3. The number of aliphatic hydroxyl groups excluding tert-OH is 1. The largest absolute Gasteiger partial charge is 0.464 e. The Hall–Kier alpha value is -1.81. The second-order valence-electron chi connectivity index (χ2n) is 4.35. The molecule has 1 unspecified atom stereocenters. The van der Waals surface area contributed by atoms with E-state index in [4.69, 9.17) is 4.74 Å². The molecule has 4 heteroatoms. The molecule has 1 aromatic carbocycles. The van der Waals surface area contributed by atoms with E-state index in [9.17, 15) is 9.90 Å². The van der Waals surface area contributed by atoms with E-state index in [1.165, 1.54) is 0 Å². The zero-order valence-electron chi connectivity index (χ0n) is 10.8. The first-order chi connectivity index (χ1) is 8.54. The Labute approximate surface area is 106 Å². The molecule has 1 aromatic heterocycles. The van der Waals surface area contributed by atoms with Gasteiger partial charge < -0.3 is 14.4 Å². The average Bonchev–Trinajstić information content (AvgIpc) is 2.64. The number of aromatic nitrogens is 1. The van der Waals surface area contributed by atoms with Crippen LogP contribution in [0.15, 0.2) is 24.4 Å². The molecule has 0 saturated heterocycles. The van der Waals surface area contributed by atoms with Gasteiger partial charge in [0.2, 0.25) is 0 Å². The van der Waals surface area contributed by atoms with Crippen LogP contribution in [0.25, 0.3) is 10.9 Å². The third-order valence-electron chi connectivity index (χ3n) is 3.04. The maximum absolute atomic E-state index is 11.5. The van der Waals surface area contributed by atoms with E-state index in [0.717, 1.165) is 16.5 Å². The Morgan fingerprint density at radius 3 is 2.89 bits per heavy atom. The van der Waals surface area contributed by atoms with Gasteiger partial charge in [-0.1, -0.05) is 6.07 Å². The van der Waals surface area contributed by atoms with E-state index >= 15 is 0 Å². The summed E-state index contributed by atoms with van der Waals surface area (Å²) in [5.41, 5.74) is 2.76. The Kier molecular flexibility index (Phi) is 3.39. The number of aryl methyl sites for hydroxylation is 2. The smallest absolute Gasteiger partial charge is 0.339 e. The summed E-state index contributed by atoms with van der Waals surface area (Å²) >= 11 is 0. The molecule has 18 heavy (non-hydrogen) atoms. The SMILES string of the molecule is CCOC(=O)C(O)c1ccc2c(c1)c(C)cn2C. The normalized spacial score (nSPS) is 12.7. The van der Waals surface area contributed by atoms with Crippen molar-refractivity contribution in [2.45, 2.75) is 20.0 Å². The van der Waals surface area contributed by atoms with Crippen molar-refractivity contribution in [2.75, 3.05) is 6.61 Å². The van der Waals surface area contributed by atoms with Gasteiger partial charge in [-0.05, 0) is 37.1 Å². The number of aliphatic hydroxyl groups is 1. The number of benzene rings is 1.